The molecule has 13 nitrogen and oxygen atoms in total. The van der Waals surface area contributed by atoms with Crippen molar-refractivity contribution in [2.75, 3.05) is 37.2 Å². The molecule has 0 spiro atoms. The molecule has 0 bridgehead atoms. The van der Waals surface area contributed by atoms with Crippen LogP contribution in [0.2, 0.25) is 0 Å². The Morgan fingerprint density at radius 1 is 0.837 bits per heavy atom. The first-order valence-corrected chi connectivity index (χ1v) is 16.9. The number of carboxylic acid groups (broad SMARTS) is 1. The van der Waals surface area contributed by atoms with Crippen molar-refractivity contribution in [2.24, 2.45) is 0 Å². The zero-order valence-electron chi connectivity index (χ0n) is 26.1. The molecule has 0 unspecified atom stereocenters. The van der Waals surface area contributed by atoms with Crippen LogP contribution in [0.5, 0.6) is 0 Å². The van der Waals surface area contributed by atoms with E-state index in [2.05, 4.69) is 10.6 Å². The number of hydrogen-bond acceptors (Lipinski definition) is 9. The van der Waals surface area contributed by atoms with Crippen LogP contribution >= 0.6 is 0 Å². The molecule has 1 aliphatic carbocycles. The highest BCUT2D eigenvalue weighted by atomic mass is 32.2. The number of benzene rings is 2. The minimum atomic E-state index is -4.39. The van der Waals surface area contributed by atoms with Gasteiger partial charge < -0.3 is 29.5 Å². The van der Waals surface area contributed by atoms with Crippen LogP contribution in [-0.4, -0.2) is 72.7 Å². The fourth-order valence-electron chi connectivity index (χ4n) is 5.01. The molecule has 2 aromatic heterocycles. The summed E-state index contributed by atoms with van der Waals surface area (Å²) in [7, 11) is -4.39. The Hall–Kier alpha value is -5.73. The molecular formula is C35H33N3O10S. The lowest BCUT2D eigenvalue weighted by molar-refractivity contribution is -0.137. The number of carbonyl (C=O) groups excluding carboxylic acids is 2. The molecule has 0 radical (unpaired) electrons. The predicted molar refractivity (Wildman–Crippen MR) is 184 cm³/mol. The van der Waals surface area contributed by atoms with E-state index in [9.17, 15) is 32.1 Å². The molecule has 0 atom stereocenters. The van der Waals surface area contributed by atoms with Crippen LogP contribution in [0.25, 0.3) is 33.3 Å². The van der Waals surface area contributed by atoms with E-state index in [1.54, 1.807) is 72.9 Å². The topological polar surface area (TPSA) is 196 Å². The van der Waals surface area contributed by atoms with Crippen molar-refractivity contribution >= 4 is 55.5 Å². The second-order valence-electron chi connectivity index (χ2n) is 11.1. The van der Waals surface area contributed by atoms with Gasteiger partial charge in [-0.25, -0.2) is 4.79 Å². The lowest BCUT2D eigenvalue weighted by atomic mass is 10.1. The van der Waals surface area contributed by atoms with Gasteiger partial charge in [0.2, 0.25) is 0 Å². The van der Waals surface area contributed by atoms with Gasteiger partial charge in [0.15, 0.2) is 0 Å². The van der Waals surface area contributed by atoms with E-state index in [4.69, 9.17) is 13.9 Å². The van der Waals surface area contributed by atoms with Crippen molar-refractivity contribution in [2.45, 2.75) is 12.8 Å². The van der Waals surface area contributed by atoms with Gasteiger partial charge >= 0.3 is 11.6 Å². The Kier molecular flexibility index (Phi) is 10.9. The Balaban J connectivity index is 1.32. The zero-order chi connectivity index (χ0) is 35.0. The molecule has 1 aliphatic rings. The minimum Gasteiger partial charge on any atom is -0.481 e. The molecule has 5 rings (SSSR count). The summed E-state index contributed by atoms with van der Waals surface area (Å²) in [6.45, 7) is 0.0631. The molecule has 0 saturated heterocycles. The molecule has 0 aliphatic heterocycles. The molecule has 0 saturated carbocycles. The number of nitrogens with zero attached hydrogens (tertiary/aromatic N) is 1. The van der Waals surface area contributed by atoms with Crippen molar-refractivity contribution in [1.29, 1.82) is 0 Å². The van der Waals surface area contributed by atoms with Crippen molar-refractivity contribution in [3.63, 3.8) is 0 Å². The molecule has 4 N–H and O–H groups in total. The maximum atomic E-state index is 13.5. The summed E-state index contributed by atoms with van der Waals surface area (Å²) >= 11 is 0. The highest BCUT2D eigenvalue weighted by Crippen LogP contribution is 2.29. The van der Waals surface area contributed by atoms with E-state index in [-0.39, 0.29) is 54.4 Å². The first-order valence-electron chi connectivity index (χ1n) is 15.3. The van der Waals surface area contributed by atoms with Crippen molar-refractivity contribution in [3.05, 3.63) is 113 Å². The number of carbonyl (C=O) groups is 3. The number of nitrogens with one attached hydrogen (secondary N) is 2. The summed E-state index contributed by atoms with van der Waals surface area (Å²) in [6, 6.07) is 13.1. The van der Waals surface area contributed by atoms with Crippen LogP contribution in [0.4, 0.5) is 5.69 Å². The van der Waals surface area contributed by atoms with Gasteiger partial charge in [0, 0.05) is 66.3 Å². The number of furan rings is 1. The van der Waals surface area contributed by atoms with Crippen LogP contribution in [-0.2, 0) is 19.7 Å². The fourth-order valence-corrected chi connectivity index (χ4v) is 5.46. The van der Waals surface area contributed by atoms with Gasteiger partial charge in [0.05, 0.1) is 5.75 Å². The zero-order valence-corrected chi connectivity index (χ0v) is 26.9. The highest BCUT2D eigenvalue weighted by Gasteiger charge is 2.21. The Bertz CT molecular complexity index is 2190. The SMILES string of the molecule is O=C(O)CCCNc1ccc2cc(-c3cc4ccc(C(=O)N(CCNC(=O)C5=C/C=C\C=C/C=C5)CCS(=O)(=O)O)cc4o3)c(=O)oc2c1. The molecule has 2 aromatic carbocycles. The highest BCUT2D eigenvalue weighted by molar-refractivity contribution is 7.85. The van der Waals surface area contributed by atoms with E-state index in [1.807, 2.05) is 6.08 Å². The number of anilines is 1. The van der Waals surface area contributed by atoms with Gasteiger partial charge in [-0.15, -0.1) is 0 Å². The molecule has 2 heterocycles. The molecule has 2 amide bonds. The monoisotopic (exact) mass is 687 g/mol. The summed E-state index contributed by atoms with van der Waals surface area (Å²) in [5.41, 5.74) is 1.34. The Morgan fingerprint density at radius 2 is 1.57 bits per heavy atom. The number of allylic oxidation sites excluding steroid dienone is 6. The lowest BCUT2D eigenvalue weighted by Crippen LogP contribution is -2.41. The second kappa shape index (κ2) is 15.4. The number of aliphatic carboxylic acids is 1. The summed E-state index contributed by atoms with van der Waals surface area (Å²) in [4.78, 5) is 51.1. The predicted octanol–water partition coefficient (Wildman–Crippen LogP) is 4.54. The first kappa shape index (κ1) is 34.6. The fraction of sp³-hybridized carbons (Fsp3) is 0.200. The van der Waals surface area contributed by atoms with E-state index >= 15 is 0 Å². The molecule has 0 fully saturated rings. The first-order chi connectivity index (χ1) is 23.5. The molecular weight excluding hydrogens is 654 g/mol. The van der Waals surface area contributed by atoms with Crippen LogP contribution in [0.3, 0.4) is 0 Å². The number of carboxylic acids is 1. The maximum Gasteiger partial charge on any atom is 0.347 e. The largest absolute Gasteiger partial charge is 0.481 e. The molecule has 49 heavy (non-hydrogen) atoms. The second-order valence-corrected chi connectivity index (χ2v) is 12.6. The van der Waals surface area contributed by atoms with Crippen molar-refractivity contribution in [3.8, 4) is 11.3 Å². The van der Waals surface area contributed by atoms with Crippen molar-refractivity contribution < 1.29 is 41.3 Å². The van der Waals surface area contributed by atoms with E-state index < -0.39 is 33.4 Å². The third-order valence-corrected chi connectivity index (χ3v) is 8.20. The molecule has 254 valence electrons. The lowest BCUT2D eigenvalue weighted by Gasteiger charge is -2.22. The maximum absolute atomic E-state index is 13.5. The summed E-state index contributed by atoms with van der Waals surface area (Å²) in [6.07, 6.45) is 12.5. The van der Waals surface area contributed by atoms with Crippen LogP contribution < -0.4 is 16.3 Å². The average molecular weight is 688 g/mol. The van der Waals surface area contributed by atoms with Crippen LogP contribution in [0.1, 0.15) is 23.2 Å². The quantitative estimate of drug-likeness (QED) is 0.0825. The number of rotatable bonds is 14. The van der Waals surface area contributed by atoms with Gasteiger partial charge in [-0.3, -0.25) is 18.9 Å². The normalized spacial score (nSPS) is 14.1. The van der Waals surface area contributed by atoms with Gasteiger partial charge in [-0.2, -0.15) is 8.42 Å². The van der Waals surface area contributed by atoms with Crippen molar-refractivity contribution in [1.82, 2.24) is 10.2 Å². The van der Waals surface area contributed by atoms with Gasteiger partial charge in [-0.1, -0.05) is 36.4 Å². The van der Waals surface area contributed by atoms with E-state index in [0.717, 1.165) is 0 Å². The Morgan fingerprint density at radius 3 is 2.37 bits per heavy atom. The number of amides is 2. The smallest absolute Gasteiger partial charge is 0.347 e. The summed E-state index contributed by atoms with van der Waals surface area (Å²) in [5, 5.41) is 15.8. The van der Waals surface area contributed by atoms with E-state index in [1.165, 1.54) is 17.0 Å². The van der Waals surface area contributed by atoms with Crippen LogP contribution in [0, 0.1) is 0 Å². The van der Waals surface area contributed by atoms with E-state index in [0.29, 0.717) is 40.6 Å². The van der Waals surface area contributed by atoms with Gasteiger partial charge in [-0.05, 0) is 55.0 Å². The average Bonchev–Trinajstić information content (AvgIpc) is 3.46. The molecule has 4 aromatic rings. The summed E-state index contributed by atoms with van der Waals surface area (Å²) in [5.74, 6) is -2.32. The standard InChI is InChI=1S/C35H33N3O10S/c39-32(40)9-6-14-36-27-13-12-24-19-28(35(43)48-30(24)22-27)31-20-25-10-11-26(21-29(25)47-31)34(42)38(17-18-49(44,45)46)16-15-37-33(41)23-7-4-2-1-3-5-8-23/h1-5,7-8,10-13,19-22,36H,6,9,14-18H2,(H,37,41)(H,39,40)(H,44,45,46)/b2-1-,3-1?,4-2?,5-3-,7-4?,8-5?,23-7?,23-8?. The minimum absolute atomic E-state index is 0.00788. The van der Waals surface area contributed by atoms with Gasteiger partial charge in [0.1, 0.15) is 22.5 Å². The third-order valence-electron chi connectivity index (χ3n) is 7.50. The Labute approximate surface area is 280 Å². The summed E-state index contributed by atoms with van der Waals surface area (Å²) < 4.78 is 43.9. The number of fused-ring (bicyclic) bond motifs is 2. The number of hydrogen-bond donors (Lipinski definition) is 4. The third kappa shape index (κ3) is 9.43. The molecule has 14 heteroatoms. The van der Waals surface area contributed by atoms with Crippen LogP contribution in [0.15, 0.2) is 110 Å². The van der Waals surface area contributed by atoms with Gasteiger partial charge in [0.25, 0.3) is 21.9 Å².